The minimum absolute atomic E-state index is 0.00138. The summed E-state index contributed by atoms with van der Waals surface area (Å²) in [5.74, 6) is 0.793. The molecule has 1 aliphatic rings. The summed E-state index contributed by atoms with van der Waals surface area (Å²) in [7, 11) is 0. The molecule has 0 aliphatic carbocycles. The molecular formula is C26H25FN2O3S. The number of rotatable bonds is 7. The molecule has 0 spiro atoms. The molecule has 0 radical (unpaired) electrons. The van der Waals surface area contributed by atoms with Crippen LogP contribution in [0.2, 0.25) is 0 Å². The van der Waals surface area contributed by atoms with Crippen molar-refractivity contribution < 1.29 is 18.4 Å². The van der Waals surface area contributed by atoms with Crippen molar-refractivity contribution in [3.8, 4) is 0 Å². The van der Waals surface area contributed by atoms with Gasteiger partial charge >= 0.3 is 0 Å². The van der Waals surface area contributed by atoms with Gasteiger partial charge in [-0.3, -0.25) is 9.59 Å². The Bertz CT molecular complexity index is 1250. The van der Waals surface area contributed by atoms with E-state index in [9.17, 15) is 14.0 Å². The average Bonchev–Trinajstić information content (AvgIpc) is 3.58. The third-order valence-corrected chi connectivity index (χ3v) is 7.28. The third kappa shape index (κ3) is 4.64. The summed E-state index contributed by atoms with van der Waals surface area (Å²) >= 11 is 1.60. The van der Waals surface area contributed by atoms with Gasteiger partial charge in [0, 0.05) is 38.4 Å². The van der Waals surface area contributed by atoms with Gasteiger partial charge in [0.1, 0.15) is 23.1 Å². The number of Topliss-reactive ketones (excluding diaryl/α,β-unsaturated/α-hetero) is 1. The highest BCUT2D eigenvalue weighted by atomic mass is 32.1. The number of fused-ring (bicyclic) bond motifs is 1. The molecular weight excluding hydrogens is 439 g/mol. The average molecular weight is 465 g/mol. The van der Waals surface area contributed by atoms with Crippen molar-refractivity contribution in [1.82, 2.24) is 9.47 Å². The maximum absolute atomic E-state index is 13.4. The highest BCUT2D eigenvalue weighted by molar-refractivity contribution is 7.17. The Kier molecular flexibility index (Phi) is 6.13. The minimum Gasteiger partial charge on any atom is -0.469 e. The monoisotopic (exact) mass is 464 g/mol. The van der Waals surface area contributed by atoms with E-state index in [0.29, 0.717) is 51.0 Å². The third-order valence-electron chi connectivity index (χ3n) is 6.43. The summed E-state index contributed by atoms with van der Waals surface area (Å²) in [5, 5.41) is 2.01. The fourth-order valence-corrected chi connectivity index (χ4v) is 5.39. The lowest BCUT2D eigenvalue weighted by molar-refractivity contribution is -0.124. The van der Waals surface area contributed by atoms with Gasteiger partial charge in [0.05, 0.1) is 16.5 Å². The lowest BCUT2D eigenvalue weighted by atomic mass is 9.90. The number of nitrogens with zero attached hydrogens (tertiary/aromatic N) is 2. The molecule has 1 amide bonds. The second-order valence-corrected chi connectivity index (χ2v) is 9.47. The second-order valence-electron chi connectivity index (χ2n) is 8.52. The second kappa shape index (κ2) is 9.35. The Hall–Kier alpha value is -3.19. The van der Waals surface area contributed by atoms with Gasteiger partial charge in [0.25, 0.3) is 5.91 Å². The zero-order valence-corrected chi connectivity index (χ0v) is 19.0. The van der Waals surface area contributed by atoms with Crippen LogP contribution in [0.5, 0.6) is 0 Å². The molecule has 1 saturated heterocycles. The Balaban J connectivity index is 1.26. The van der Waals surface area contributed by atoms with Gasteiger partial charge in [0.15, 0.2) is 0 Å². The van der Waals surface area contributed by atoms with Gasteiger partial charge in [-0.2, -0.15) is 0 Å². The number of furan rings is 1. The van der Waals surface area contributed by atoms with E-state index in [4.69, 9.17) is 4.42 Å². The molecule has 1 aromatic carbocycles. The number of aryl methyl sites for hydroxylation is 1. The van der Waals surface area contributed by atoms with Crippen LogP contribution in [0.15, 0.2) is 64.6 Å². The van der Waals surface area contributed by atoms with Crippen molar-refractivity contribution in [2.45, 2.75) is 32.2 Å². The molecule has 4 heterocycles. The summed E-state index contributed by atoms with van der Waals surface area (Å²) in [6.45, 7) is 1.65. The van der Waals surface area contributed by atoms with Gasteiger partial charge in [0.2, 0.25) is 0 Å². The van der Waals surface area contributed by atoms with Crippen LogP contribution < -0.4 is 0 Å². The minimum atomic E-state index is -0.273. The van der Waals surface area contributed by atoms with Crippen molar-refractivity contribution >= 4 is 33.2 Å². The predicted octanol–water partition coefficient (Wildman–Crippen LogP) is 5.54. The number of hydrogen-bond donors (Lipinski definition) is 0. The summed E-state index contributed by atoms with van der Waals surface area (Å²) in [6, 6.07) is 14.1. The first-order chi connectivity index (χ1) is 16.1. The first-order valence-electron chi connectivity index (χ1n) is 11.2. The van der Waals surface area contributed by atoms with E-state index >= 15 is 0 Å². The van der Waals surface area contributed by atoms with Crippen molar-refractivity contribution in [2.24, 2.45) is 5.92 Å². The zero-order chi connectivity index (χ0) is 22.8. The summed E-state index contributed by atoms with van der Waals surface area (Å²) in [5.41, 5.74) is 2.59. The zero-order valence-electron chi connectivity index (χ0n) is 18.2. The molecule has 0 bridgehead atoms. The van der Waals surface area contributed by atoms with Gasteiger partial charge in [-0.05, 0) is 60.2 Å². The predicted molar refractivity (Wildman–Crippen MR) is 126 cm³/mol. The molecule has 0 N–H and O–H groups in total. The number of ketones is 1. The van der Waals surface area contributed by atoms with Crippen molar-refractivity contribution in [2.75, 3.05) is 13.1 Å². The summed E-state index contributed by atoms with van der Waals surface area (Å²) in [6.07, 6.45) is 4.10. The van der Waals surface area contributed by atoms with E-state index in [1.807, 2.05) is 39.1 Å². The van der Waals surface area contributed by atoms with Crippen LogP contribution in [0, 0.1) is 11.7 Å². The van der Waals surface area contributed by atoms with E-state index < -0.39 is 0 Å². The van der Waals surface area contributed by atoms with E-state index in [1.54, 1.807) is 29.7 Å². The normalized spacial score (nSPS) is 14.8. The Morgan fingerprint density at radius 1 is 1.09 bits per heavy atom. The molecule has 7 heteroatoms. The van der Waals surface area contributed by atoms with Crippen LogP contribution in [0.1, 0.15) is 41.1 Å². The molecule has 5 rings (SSSR count). The lowest BCUT2D eigenvalue weighted by Crippen LogP contribution is -2.41. The van der Waals surface area contributed by atoms with E-state index in [2.05, 4.69) is 0 Å². The number of benzene rings is 1. The number of hydrogen-bond acceptors (Lipinski definition) is 4. The Morgan fingerprint density at radius 2 is 1.88 bits per heavy atom. The lowest BCUT2D eigenvalue weighted by Gasteiger charge is -2.31. The van der Waals surface area contributed by atoms with Gasteiger partial charge in [-0.25, -0.2) is 4.39 Å². The number of halogens is 1. The maximum atomic E-state index is 13.4. The SMILES string of the molecule is O=C(CCc1ccco1)C1CCN(C(=O)c2cc3sccc3n2Cc2ccc(F)cc2)CC1. The maximum Gasteiger partial charge on any atom is 0.270 e. The fraction of sp³-hybridized carbons (Fsp3) is 0.308. The first kappa shape index (κ1) is 21.6. The molecule has 4 aromatic rings. The number of piperidine rings is 1. The number of carbonyl (C=O) groups is 2. The molecule has 0 saturated carbocycles. The van der Waals surface area contributed by atoms with Crippen LogP contribution in [0.4, 0.5) is 4.39 Å². The molecule has 0 unspecified atom stereocenters. The first-order valence-corrected chi connectivity index (χ1v) is 12.1. The van der Waals surface area contributed by atoms with Crippen LogP contribution in [-0.2, 0) is 17.8 Å². The largest absolute Gasteiger partial charge is 0.469 e. The van der Waals surface area contributed by atoms with E-state index in [1.165, 1.54) is 12.1 Å². The number of aromatic nitrogens is 1. The van der Waals surface area contributed by atoms with Gasteiger partial charge in [-0.1, -0.05) is 12.1 Å². The quantitative estimate of drug-likeness (QED) is 0.361. The highest BCUT2D eigenvalue weighted by Crippen LogP contribution is 2.29. The van der Waals surface area contributed by atoms with Crippen LogP contribution in [0.3, 0.4) is 0 Å². The summed E-state index contributed by atoms with van der Waals surface area (Å²) in [4.78, 5) is 27.9. The topological polar surface area (TPSA) is 55.5 Å². The molecule has 170 valence electrons. The number of carbonyl (C=O) groups excluding carboxylic acids is 2. The number of likely N-dealkylation sites (tertiary alicyclic amines) is 1. The van der Waals surface area contributed by atoms with E-state index in [0.717, 1.165) is 21.5 Å². The van der Waals surface area contributed by atoms with E-state index in [-0.39, 0.29) is 23.4 Å². The highest BCUT2D eigenvalue weighted by Gasteiger charge is 2.29. The smallest absolute Gasteiger partial charge is 0.270 e. The van der Waals surface area contributed by atoms with Crippen LogP contribution in [0.25, 0.3) is 10.2 Å². The molecule has 3 aromatic heterocycles. The molecule has 1 fully saturated rings. The van der Waals surface area contributed by atoms with Gasteiger partial charge in [-0.15, -0.1) is 11.3 Å². The van der Waals surface area contributed by atoms with Crippen molar-refractivity contribution in [1.29, 1.82) is 0 Å². The molecule has 0 atom stereocenters. The fourth-order valence-electron chi connectivity index (χ4n) is 4.57. The molecule has 33 heavy (non-hydrogen) atoms. The van der Waals surface area contributed by atoms with Crippen molar-refractivity contribution in [3.05, 3.63) is 83.0 Å². The van der Waals surface area contributed by atoms with Crippen LogP contribution >= 0.6 is 11.3 Å². The standard InChI is InChI=1S/C26H25FN2O3S/c27-20-5-3-18(4-6-20)17-29-22-11-15-33-25(22)16-23(29)26(31)28-12-9-19(10-13-28)24(30)8-7-21-2-1-14-32-21/h1-6,11,14-16,19H,7-10,12-13,17H2. The summed E-state index contributed by atoms with van der Waals surface area (Å²) < 4.78 is 21.7. The number of amides is 1. The van der Waals surface area contributed by atoms with Crippen molar-refractivity contribution in [3.63, 3.8) is 0 Å². The van der Waals surface area contributed by atoms with Gasteiger partial charge < -0.3 is 13.9 Å². The Labute approximate surface area is 195 Å². The Morgan fingerprint density at radius 3 is 2.61 bits per heavy atom. The molecule has 1 aliphatic heterocycles. The van der Waals surface area contributed by atoms with Crippen LogP contribution in [-0.4, -0.2) is 34.2 Å². The molecule has 5 nitrogen and oxygen atoms in total. The number of thiophene rings is 1.